The average molecular weight is 284 g/mol. The summed E-state index contributed by atoms with van der Waals surface area (Å²) in [4.78, 5) is 22.9. The van der Waals surface area contributed by atoms with Crippen LogP contribution in [0.5, 0.6) is 0 Å². The van der Waals surface area contributed by atoms with E-state index in [-0.39, 0.29) is 18.6 Å². The Balaban J connectivity index is 2.34. The van der Waals surface area contributed by atoms with E-state index in [4.69, 9.17) is 5.11 Å². The van der Waals surface area contributed by atoms with Gasteiger partial charge in [0.2, 0.25) is 0 Å². The number of hydrogen-bond donors (Lipinski definition) is 3. The number of hydrogen-bond acceptors (Lipinski definition) is 2. The van der Waals surface area contributed by atoms with Gasteiger partial charge in [-0.15, -0.1) is 0 Å². The van der Waals surface area contributed by atoms with Gasteiger partial charge in [0.05, 0.1) is 5.92 Å². The van der Waals surface area contributed by atoms with E-state index in [1.165, 1.54) is 0 Å². The van der Waals surface area contributed by atoms with Crippen molar-refractivity contribution in [2.24, 2.45) is 17.8 Å². The molecule has 1 saturated carbocycles. The zero-order chi connectivity index (χ0) is 15.1. The molecule has 0 aliphatic heterocycles. The highest BCUT2D eigenvalue weighted by atomic mass is 16.4. The van der Waals surface area contributed by atoms with Crippen LogP contribution < -0.4 is 10.6 Å². The first-order valence-electron chi connectivity index (χ1n) is 7.71. The maximum absolute atomic E-state index is 11.9. The molecule has 1 aliphatic rings. The van der Waals surface area contributed by atoms with Gasteiger partial charge in [-0.25, -0.2) is 4.79 Å². The monoisotopic (exact) mass is 284 g/mol. The predicted molar refractivity (Wildman–Crippen MR) is 78.5 cm³/mol. The van der Waals surface area contributed by atoms with Crippen molar-refractivity contribution in [2.75, 3.05) is 6.54 Å². The van der Waals surface area contributed by atoms with Gasteiger partial charge < -0.3 is 15.7 Å². The summed E-state index contributed by atoms with van der Waals surface area (Å²) in [5, 5.41) is 14.7. The molecular weight excluding hydrogens is 256 g/mol. The Kier molecular flexibility index (Phi) is 6.82. The highest BCUT2D eigenvalue weighted by Gasteiger charge is 2.26. The topological polar surface area (TPSA) is 78.4 Å². The Bertz CT molecular complexity index is 333. The molecular formula is C15H28N2O3. The smallest absolute Gasteiger partial charge is 0.315 e. The van der Waals surface area contributed by atoms with Crippen LogP contribution in [0.4, 0.5) is 4.79 Å². The lowest BCUT2D eigenvalue weighted by molar-refractivity contribution is -0.141. The third-order valence-corrected chi connectivity index (χ3v) is 4.24. The van der Waals surface area contributed by atoms with Gasteiger partial charge in [-0.3, -0.25) is 4.79 Å². The molecule has 0 radical (unpaired) electrons. The number of carbonyl (C=O) groups excluding carboxylic acids is 1. The van der Waals surface area contributed by atoms with Crippen LogP contribution in [-0.4, -0.2) is 29.7 Å². The number of rotatable bonds is 6. The highest BCUT2D eigenvalue weighted by Crippen LogP contribution is 2.28. The largest absolute Gasteiger partial charge is 0.481 e. The summed E-state index contributed by atoms with van der Waals surface area (Å²) >= 11 is 0. The minimum absolute atomic E-state index is 0.201. The van der Waals surface area contributed by atoms with Gasteiger partial charge in [-0.05, 0) is 37.5 Å². The molecule has 0 aromatic carbocycles. The third-order valence-electron chi connectivity index (χ3n) is 4.24. The van der Waals surface area contributed by atoms with Crippen molar-refractivity contribution in [3.63, 3.8) is 0 Å². The molecule has 4 unspecified atom stereocenters. The van der Waals surface area contributed by atoms with Crippen molar-refractivity contribution in [1.29, 1.82) is 0 Å². The fourth-order valence-electron chi connectivity index (χ4n) is 2.98. The minimum atomic E-state index is -0.841. The van der Waals surface area contributed by atoms with Gasteiger partial charge in [0.15, 0.2) is 0 Å². The van der Waals surface area contributed by atoms with E-state index < -0.39 is 11.9 Å². The van der Waals surface area contributed by atoms with Gasteiger partial charge in [0.1, 0.15) is 0 Å². The molecule has 0 heterocycles. The Labute approximate surface area is 121 Å². The molecule has 0 spiro atoms. The second-order valence-corrected chi connectivity index (χ2v) is 6.18. The summed E-state index contributed by atoms with van der Waals surface area (Å²) in [5.41, 5.74) is 0. The maximum Gasteiger partial charge on any atom is 0.315 e. The first-order chi connectivity index (χ1) is 9.43. The van der Waals surface area contributed by atoms with E-state index in [1.807, 2.05) is 6.92 Å². The fourth-order valence-corrected chi connectivity index (χ4v) is 2.98. The fraction of sp³-hybridized carbons (Fsp3) is 0.867. The van der Waals surface area contributed by atoms with E-state index >= 15 is 0 Å². The van der Waals surface area contributed by atoms with Crippen molar-refractivity contribution >= 4 is 12.0 Å². The van der Waals surface area contributed by atoms with Crippen LogP contribution in [0.15, 0.2) is 0 Å². The van der Waals surface area contributed by atoms with Crippen molar-refractivity contribution < 1.29 is 14.7 Å². The third kappa shape index (κ3) is 5.39. The summed E-state index contributed by atoms with van der Waals surface area (Å²) in [6, 6.07) is -0.0283. The summed E-state index contributed by atoms with van der Waals surface area (Å²) in [6.45, 7) is 6.56. The maximum atomic E-state index is 11.9. The number of carboxylic acids is 1. The molecule has 1 aliphatic carbocycles. The van der Waals surface area contributed by atoms with E-state index in [0.717, 1.165) is 31.6 Å². The molecule has 0 bridgehead atoms. The van der Waals surface area contributed by atoms with E-state index in [1.54, 1.807) is 0 Å². The predicted octanol–water partition coefficient (Wildman–Crippen LogP) is 2.61. The van der Waals surface area contributed by atoms with Gasteiger partial charge in [-0.2, -0.15) is 0 Å². The number of carbonyl (C=O) groups is 2. The van der Waals surface area contributed by atoms with Crippen LogP contribution >= 0.6 is 0 Å². The van der Waals surface area contributed by atoms with E-state index in [2.05, 4.69) is 24.5 Å². The van der Waals surface area contributed by atoms with E-state index in [9.17, 15) is 9.59 Å². The molecule has 1 rings (SSSR count). The summed E-state index contributed by atoms with van der Waals surface area (Å²) < 4.78 is 0. The first kappa shape index (κ1) is 16.8. The Morgan fingerprint density at radius 3 is 2.55 bits per heavy atom. The van der Waals surface area contributed by atoms with Gasteiger partial charge in [0.25, 0.3) is 0 Å². The number of carboxylic acid groups (broad SMARTS) is 1. The number of urea groups is 1. The van der Waals surface area contributed by atoms with E-state index in [0.29, 0.717) is 12.3 Å². The molecule has 0 aromatic heterocycles. The second-order valence-electron chi connectivity index (χ2n) is 6.18. The van der Waals surface area contributed by atoms with Crippen LogP contribution in [0.1, 0.15) is 52.9 Å². The highest BCUT2D eigenvalue weighted by molar-refractivity contribution is 5.76. The molecule has 4 atom stereocenters. The second kappa shape index (κ2) is 8.12. The zero-order valence-corrected chi connectivity index (χ0v) is 12.8. The lowest BCUT2D eigenvalue weighted by atomic mass is 9.80. The van der Waals surface area contributed by atoms with Gasteiger partial charge in [0, 0.05) is 12.6 Å². The van der Waals surface area contributed by atoms with Gasteiger partial charge in [-0.1, -0.05) is 27.2 Å². The van der Waals surface area contributed by atoms with Crippen LogP contribution in [0.25, 0.3) is 0 Å². The summed E-state index contributed by atoms with van der Waals surface area (Å²) in [7, 11) is 0. The van der Waals surface area contributed by atoms with Crippen LogP contribution in [0.2, 0.25) is 0 Å². The SMILES string of the molecule is CCCC(CNC(=O)NC1CCC(C)CC1C)C(=O)O. The van der Waals surface area contributed by atoms with Crippen molar-refractivity contribution in [2.45, 2.75) is 58.9 Å². The van der Waals surface area contributed by atoms with Crippen LogP contribution in [-0.2, 0) is 4.79 Å². The van der Waals surface area contributed by atoms with Crippen molar-refractivity contribution in [3.05, 3.63) is 0 Å². The van der Waals surface area contributed by atoms with Gasteiger partial charge >= 0.3 is 12.0 Å². The molecule has 20 heavy (non-hydrogen) atoms. The molecule has 3 N–H and O–H groups in total. The van der Waals surface area contributed by atoms with Crippen LogP contribution in [0, 0.1) is 17.8 Å². The zero-order valence-electron chi connectivity index (χ0n) is 12.8. The molecule has 5 nitrogen and oxygen atoms in total. The number of aliphatic carboxylic acids is 1. The van der Waals surface area contributed by atoms with Crippen LogP contribution in [0.3, 0.4) is 0 Å². The number of nitrogens with one attached hydrogen (secondary N) is 2. The Morgan fingerprint density at radius 2 is 2.00 bits per heavy atom. The molecule has 5 heteroatoms. The lowest BCUT2D eigenvalue weighted by Gasteiger charge is -2.33. The lowest BCUT2D eigenvalue weighted by Crippen LogP contribution is -2.48. The molecule has 0 saturated heterocycles. The first-order valence-corrected chi connectivity index (χ1v) is 7.71. The van der Waals surface area contributed by atoms with Crippen molar-refractivity contribution in [1.82, 2.24) is 10.6 Å². The molecule has 2 amide bonds. The average Bonchev–Trinajstić information content (AvgIpc) is 2.37. The summed E-state index contributed by atoms with van der Waals surface area (Å²) in [6.07, 6.45) is 4.68. The Hall–Kier alpha value is -1.26. The normalized spacial score (nSPS) is 27.6. The minimum Gasteiger partial charge on any atom is -0.481 e. The molecule has 116 valence electrons. The molecule has 1 fully saturated rings. The van der Waals surface area contributed by atoms with Crippen molar-refractivity contribution in [3.8, 4) is 0 Å². The number of amides is 2. The summed E-state index contributed by atoms with van der Waals surface area (Å²) in [5.74, 6) is -0.121. The standard InChI is InChI=1S/C15H28N2O3/c1-4-5-12(14(18)19)9-16-15(20)17-13-7-6-10(2)8-11(13)3/h10-13H,4-9H2,1-3H3,(H,18,19)(H2,16,17,20). The Morgan fingerprint density at radius 1 is 1.30 bits per heavy atom. The molecule has 0 aromatic rings. The quantitative estimate of drug-likeness (QED) is 0.701.